The monoisotopic (exact) mass is 554 g/mol. The van der Waals surface area contributed by atoms with E-state index in [2.05, 4.69) is 45.9 Å². The zero-order valence-corrected chi connectivity index (χ0v) is 26.0. The zero-order chi connectivity index (χ0) is 28.3. The summed E-state index contributed by atoms with van der Waals surface area (Å²) in [6, 6.07) is 0. The Morgan fingerprint density at radius 1 is 0.950 bits per heavy atom. The van der Waals surface area contributed by atoms with Crippen LogP contribution in [0, 0.1) is 46.3 Å². The number of rotatable bonds is 8. The Balaban J connectivity index is 1.18. The molecular formula is C36H58O4. The zero-order valence-electron chi connectivity index (χ0n) is 26.0. The van der Waals surface area contributed by atoms with Crippen LogP contribution in [0.25, 0.3) is 0 Å². The van der Waals surface area contributed by atoms with Crippen LogP contribution < -0.4 is 0 Å². The molecule has 10 atom stereocenters. The lowest BCUT2D eigenvalue weighted by atomic mass is 9.47. The molecule has 5 aliphatic rings. The third kappa shape index (κ3) is 6.23. The first-order chi connectivity index (χ1) is 19.2. The summed E-state index contributed by atoms with van der Waals surface area (Å²) in [6.07, 6.45) is 25.1. The highest BCUT2D eigenvalue weighted by molar-refractivity contribution is 5.60. The molecule has 0 bridgehead atoms. The summed E-state index contributed by atoms with van der Waals surface area (Å²) in [5.74, 6) is 4.52. The van der Waals surface area contributed by atoms with Crippen molar-refractivity contribution in [2.45, 2.75) is 143 Å². The van der Waals surface area contributed by atoms with Crippen LogP contribution in [0.2, 0.25) is 0 Å². The maximum absolute atomic E-state index is 12.7. The van der Waals surface area contributed by atoms with Gasteiger partial charge < -0.3 is 14.6 Å². The van der Waals surface area contributed by atoms with Gasteiger partial charge in [0.2, 0.25) is 0 Å². The SMILES string of the molecule is C[C@@H](CO)CCC[C@@H](C)[C@H]1CC[C@H]2[C@@H]3CC=C4C[C@@H](OC(=O)OC5CC/C=C/CCC5)CC[C@]4(C)[C@H]3CC[C@]12C. The van der Waals surface area contributed by atoms with Crippen molar-refractivity contribution < 1.29 is 19.4 Å². The van der Waals surface area contributed by atoms with Crippen LogP contribution in [0.5, 0.6) is 0 Å². The number of fused-ring (bicyclic) bond motifs is 5. The van der Waals surface area contributed by atoms with Crippen LogP contribution in [0.4, 0.5) is 4.79 Å². The van der Waals surface area contributed by atoms with Gasteiger partial charge in [-0.15, -0.1) is 0 Å². The topological polar surface area (TPSA) is 55.8 Å². The summed E-state index contributed by atoms with van der Waals surface area (Å²) in [5.41, 5.74) is 2.32. The van der Waals surface area contributed by atoms with E-state index in [9.17, 15) is 9.90 Å². The number of allylic oxidation sites excluding steroid dienone is 3. The standard InChI is InChI=1S/C36H58O4/c1-25(24-37)11-10-12-26(2)31-17-18-32-30-16-15-27-23-29(19-21-35(27,3)33(30)20-22-36(31,32)4)40-34(38)39-28-13-8-6-5-7-9-14-28/h5-6,15,25-26,28-33,37H,7-14,16-24H2,1-4H3/b6-5+/t25-,26-,28?,29+,30+,31-,32+,33+,35+,36-/m1/s1. The molecule has 5 aliphatic carbocycles. The molecule has 226 valence electrons. The lowest BCUT2D eigenvalue weighted by Crippen LogP contribution is -2.51. The maximum atomic E-state index is 12.7. The number of ether oxygens (including phenoxy) is 2. The average Bonchev–Trinajstić information content (AvgIpc) is 3.27. The molecule has 0 aromatic heterocycles. The summed E-state index contributed by atoms with van der Waals surface area (Å²) < 4.78 is 11.7. The normalized spacial score (nSPS) is 41.7. The van der Waals surface area contributed by atoms with Gasteiger partial charge in [-0.2, -0.15) is 0 Å². The van der Waals surface area contributed by atoms with Crippen LogP contribution in [0.15, 0.2) is 23.8 Å². The summed E-state index contributed by atoms with van der Waals surface area (Å²) >= 11 is 0. The molecule has 0 aliphatic heterocycles. The fourth-order valence-corrected chi connectivity index (χ4v) is 10.3. The summed E-state index contributed by atoms with van der Waals surface area (Å²) in [6.45, 7) is 10.2. The summed E-state index contributed by atoms with van der Waals surface area (Å²) in [7, 11) is 0. The van der Waals surface area contributed by atoms with Gasteiger partial charge in [-0.1, -0.05) is 64.3 Å². The molecule has 1 unspecified atom stereocenters. The van der Waals surface area contributed by atoms with E-state index in [1.54, 1.807) is 5.57 Å². The third-order valence-corrected chi connectivity index (χ3v) is 12.7. The van der Waals surface area contributed by atoms with Crippen LogP contribution in [-0.4, -0.2) is 30.1 Å². The van der Waals surface area contributed by atoms with Crippen molar-refractivity contribution in [2.24, 2.45) is 46.3 Å². The minimum Gasteiger partial charge on any atom is -0.431 e. The number of aliphatic hydroxyl groups excluding tert-OH is 1. The highest BCUT2D eigenvalue weighted by atomic mass is 16.7. The van der Waals surface area contributed by atoms with Crippen molar-refractivity contribution in [3.8, 4) is 0 Å². The molecule has 4 nitrogen and oxygen atoms in total. The molecule has 4 heteroatoms. The number of hydrogen-bond acceptors (Lipinski definition) is 4. The Hall–Kier alpha value is -1.29. The van der Waals surface area contributed by atoms with Gasteiger partial charge in [0.25, 0.3) is 0 Å². The second-order valence-electron chi connectivity index (χ2n) is 15.1. The van der Waals surface area contributed by atoms with E-state index in [0.29, 0.717) is 17.9 Å². The number of carbonyl (C=O) groups excluding carboxylic acids is 1. The molecule has 0 amide bonds. The van der Waals surface area contributed by atoms with Crippen molar-refractivity contribution in [3.05, 3.63) is 23.8 Å². The van der Waals surface area contributed by atoms with E-state index in [-0.39, 0.29) is 17.6 Å². The highest BCUT2D eigenvalue weighted by Gasteiger charge is 2.59. The van der Waals surface area contributed by atoms with Crippen molar-refractivity contribution in [1.29, 1.82) is 0 Å². The molecule has 0 radical (unpaired) electrons. The molecule has 0 spiro atoms. The number of hydrogen-bond donors (Lipinski definition) is 1. The molecular weight excluding hydrogens is 496 g/mol. The maximum Gasteiger partial charge on any atom is 0.508 e. The second kappa shape index (κ2) is 12.9. The van der Waals surface area contributed by atoms with Gasteiger partial charge in [0.1, 0.15) is 12.2 Å². The predicted octanol–water partition coefficient (Wildman–Crippen LogP) is 9.41. The number of aliphatic hydroxyl groups is 1. The second-order valence-corrected chi connectivity index (χ2v) is 15.1. The lowest BCUT2D eigenvalue weighted by molar-refractivity contribution is -0.0642. The van der Waals surface area contributed by atoms with Crippen molar-refractivity contribution in [3.63, 3.8) is 0 Å². The average molecular weight is 555 g/mol. The first kappa shape index (κ1) is 30.2. The molecule has 3 saturated carbocycles. The van der Waals surface area contributed by atoms with Gasteiger partial charge in [0.05, 0.1) is 0 Å². The van der Waals surface area contributed by atoms with E-state index in [4.69, 9.17) is 9.47 Å². The Labute approximate surface area is 244 Å². The Morgan fingerprint density at radius 2 is 1.75 bits per heavy atom. The summed E-state index contributed by atoms with van der Waals surface area (Å²) in [4.78, 5) is 12.7. The number of carbonyl (C=O) groups is 1. The van der Waals surface area contributed by atoms with E-state index in [1.807, 2.05) is 0 Å². The van der Waals surface area contributed by atoms with Crippen molar-refractivity contribution in [2.75, 3.05) is 6.61 Å². The Bertz CT molecular complexity index is 924. The Morgan fingerprint density at radius 3 is 2.58 bits per heavy atom. The first-order valence-corrected chi connectivity index (χ1v) is 17.1. The molecule has 0 heterocycles. The van der Waals surface area contributed by atoms with E-state index >= 15 is 0 Å². The van der Waals surface area contributed by atoms with E-state index < -0.39 is 6.16 Å². The van der Waals surface area contributed by atoms with Crippen molar-refractivity contribution >= 4 is 6.16 Å². The summed E-state index contributed by atoms with van der Waals surface area (Å²) in [5, 5.41) is 9.42. The minimum absolute atomic E-state index is 0.000400. The van der Waals surface area contributed by atoms with Gasteiger partial charge in [-0.25, -0.2) is 4.79 Å². The van der Waals surface area contributed by atoms with E-state index in [1.165, 1.54) is 44.9 Å². The van der Waals surface area contributed by atoms with E-state index in [0.717, 1.165) is 87.4 Å². The lowest BCUT2D eigenvalue weighted by Gasteiger charge is -2.58. The Kier molecular flexibility index (Phi) is 9.75. The fourth-order valence-electron chi connectivity index (χ4n) is 10.3. The van der Waals surface area contributed by atoms with Gasteiger partial charge >= 0.3 is 6.16 Å². The quantitative estimate of drug-likeness (QED) is 0.240. The van der Waals surface area contributed by atoms with Crippen LogP contribution in [0.1, 0.15) is 130 Å². The fraction of sp³-hybridized carbons (Fsp3) is 0.861. The van der Waals surface area contributed by atoms with Gasteiger partial charge in [-0.3, -0.25) is 0 Å². The molecule has 0 aromatic rings. The van der Waals surface area contributed by atoms with Gasteiger partial charge in [0, 0.05) is 13.0 Å². The predicted molar refractivity (Wildman–Crippen MR) is 162 cm³/mol. The van der Waals surface area contributed by atoms with Crippen LogP contribution in [-0.2, 0) is 9.47 Å². The molecule has 0 saturated heterocycles. The van der Waals surface area contributed by atoms with Gasteiger partial charge in [-0.05, 0) is 130 Å². The molecule has 5 rings (SSSR count). The molecule has 40 heavy (non-hydrogen) atoms. The highest BCUT2D eigenvalue weighted by Crippen LogP contribution is 2.67. The molecule has 1 N–H and O–H groups in total. The smallest absolute Gasteiger partial charge is 0.431 e. The van der Waals surface area contributed by atoms with Crippen molar-refractivity contribution in [1.82, 2.24) is 0 Å². The molecule has 0 aromatic carbocycles. The van der Waals surface area contributed by atoms with Crippen LogP contribution in [0.3, 0.4) is 0 Å². The minimum atomic E-state index is -0.442. The molecule has 3 fully saturated rings. The van der Waals surface area contributed by atoms with Gasteiger partial charge in [0.15, 0.2) is 0 Å². The third-order valence-electron chi connectivity index (χ3n) is 12.7. The first-order valence-electron chi connectivity index (χ1n) is 17.1. The largest absolute Gasteiger partial charge is 0.508 e. The van der Waals surface area contributed by atoms with Crippen LogP contribution >= 0.6 is 0 Å².